The Morgan fingerprint density at radius 3 is 2.21 bits per heavy atom. The molecule has 29 heavy (non-hydrogen) atoms. The van der Waals surface area contributed by atoms with Gasteiger partial charge in [0.1, 0.15) is 4.90 Å². The van der Waals surface area contributed by atoms with E-state index in [0.717, 1.165) is 22.4 Å². The molecular formula is C23H25NO4S. The van der Waals surface area contributed by atoms with E-state index in [4.69, 9.17) is 8.92 Å². The van der Waals surface area contributed by atoms with Crippen LogP contribution in [0.15, 0.2) is 65.6 Å². The molecule has 0 saturated heterocycles. The van der Waals surface area contributed by atoms with Crippen molar-refractivity contribution >= 4 is 15.8 Å². The second-order valence-electron chi connectivity index (χ2n) is 7.01. The largest absolute Gasteiger partial charge is 0.493 e. The van der Waals surface area contributed by atoms with Crippen molar-refractivity contribution in [3.8, 4) is 11.5 Å². The Bertz CT molecular complexity index is 1110. The van der Waals surface area contributed by atoms with Crippen LogP contribution in [0.5, 0.6) is 11.5 Å². The second-order valence-corrected chi connectivity index (χ2v) is 8.55. The summed E-state index contributed by atoms with van der Waals surface area (Å²) in [6.45, 7) is 6.57. The van der Waals surface area contributed by atoms with Gasteiger partial charge in [-0.15, -0.1) is 0 Å². The molecule has 0 bridgehead atoms. The maximum atomic E-state index is 12.6. The fourth-order valence-corrected chi connectivity index (χ4v) is 3.83. The third-order valence-corrected chi connectivity index (χ3v) is 5.86. The minimum atomic E-state index is -3.94. The molecular weight excluding hydrogens is 386 g/mol. The van der Waals surface area contributed by atoms with E-state index in [2.05, 4.69) is 30.4 Å². The van der Waals surface area contributed by atoms with Crippen LogP contribution in [0, 0.1) is 20.8 Å². The molecule has 3 rings (SSSR count). The Morgan fingerprint density at radius 1 is 0.828 bits per heavy atom. The lowest BCUT2D eigenvalue weighted by molar-refractivity contribution is 0.390. The third-order valence-electron chi connectivity index (χ3n) is 4.61. The van der Waals surface area contributed by atoms with E-state index in [1.165, 1.54) is 24.8 Å². The van der Waals surface area contributed by atoms with Gasteiger partial charge in [-0.25, -0.2) is 0 Å². The Kier molecular flexibility index (Phi) is 6.13. The van der Waals surface area contributed by atoms with E-state index in [9.17, 15) is 8.42 Å². The van der Waals surface area contributed by atoms with Gasteiger partial charge in [0.2, 0.25) is 0 Å². The first-order valence-electron chi connectivity index (χ1n) is 9.28. The van der Waals surface area contributed by atoms with Crippen molar-refractivity contribution in [1.82, 2.24) is 0 Å². The average molecular weight is 412 g/mol. The number of rotatable bonds is 7. The van der Waals surface area contributed by atoms with Gasteiger partial charge in [-0.05, 0) is 67.8 Å². The van der Waals surface area contributed by atoms with Gasteiger partial charge >= 0.3 is 10.1 Å². The maximum absolute atomic E-state index is 12.6. The van der Waals surface area contributed by atoms with Crippen LogP contribution in [0.2, 0.25) is 0 Å². The normalized spacial score (nSPS) is 11.2. The summed E-state index contributed by atoms with van der Waals surface area (Å²) in [5.74, 6) is 0.518. The molecule has 0 heterocycles. The number of benzene rings is 3. The molecule has 3 aromatic carbocycles. The fraction of sp³-hybridized carbons (Fsp3) is 0.217. The van der Waals surface area contributed by atoms with E-state index in [1.54, 1.807) is 24.3 Å². The molecule has 0 aliphatic carbocycles. The Labute approximate surface area is 172 Å². The minimum Gasteiger partial charge on any atom is -0.493 e. The Hall–Kier alpha value is -2.99. The van der Waals surface area contributed by atoms with Crippen molar-refractivity contribution in [1.29, 1.82) is 0 Å². The smallest absolute Gasteiger partial charge is 0.339 e. The molecule has 6 heteroatoms. The SMILES string of the molecule is COc1cc(CNc2cc(C)ccc2C)ccc1OS(=O)(=O)c1ccc(C)cc1. The van der Waals surface area contributed by atoms with Crippen molar-refractivity contribution in [2.45, 2.75) is 32.2 Å². The molecule has 0 spiro atoms. The van der Waals surface area contributed by atoms with Gasteiger partial charge in [0.05, 0.1) is 7.11 Å². The summed E-state index contributed by atoms with van der Waals surface area (Å²) in [7, 11) is -2.45. The van der Waals surface area contributed by atoms with Crippen LogP contribution < -0.4 is 14.2 Å². The standard InChI is InChI=1S/C23H25NO4S/c1-16-6-10-20(11-7-16)29(25,26)28-22-12-9-19(14-23(22)27-4)15-24-21-13-17(2)5-8-18(21)3/h5-14,24H,15H2,1-4H3. The van der Waals surface area contributed by atoms with E-state index in [1.807, 2.05) is 19.9 Å². The van der Waals surface area contributed by atoms with Crippen LogP contribution in [0.25, 0.3) is 0 Å². The molecule has 0 amide bonds. The molecule has 152 valence electrons. The van der Waals surface area contributed by atoms with Crippen molar-refractivity contribution in [2.24, 2.45) is 0 Å². The molecule has 0 fully saturated rings. The maximum Gasteiger partial charge on any atom is 0.339 e. The topological polar surface area (TPSA) is 64.6 Å². The first kappa shape index (κ1) is 20.7. The van der Waals surface area contributed by atoms with Crippen molar-refractivity contribution in [3.63, 3.8) is 0 Å². The average Bonchev–Trinajstić information content (AvgIpc) is 2.69. The van der Waals surface area contributed by atoms with Crippen LogP contribution in [0.4, 0.5) is 5.69 Å². The van der Waals surface area contributed by atoms with E-state index in [-0.39, 0.29) is 10.6 Å². The lowest BCUT2D eigenvalue weighted by Gasteiger charge is -2.14. The summed E-state index contributed by atoms with van der Waals surface area (Å²) in [6, 6.07) is 18.0. The molecule has 5 nitrogen and oxygen atoms in total. The van der Waals surface area contributed by atoms with Crippen LogP contribution in [0.3, 0.4) is 0 Å². The summed E-state index contributed by atoms with van der Waals surface area (Å²) in [4.78, 5) is 0.103. The minimum absolute atomic E-state index is 0.103. The van der Waals surface area contributed by atoms with Crippen LogP contribution >= 0.6 is 0 Å². The highest BCUT2D eigenvalue weighted by Crippen LogP contribution is 2.31. The first-order valence-corrected chi connectivity index (χ1v) is 10.7. The van der Waals surface area contributed by atoms with Crippen LogP contribution in [-0.4, -0.2) is 15.5 Å². The van der Waals surface area contributed by atoms with Gasteiger partial charge in [-0.2, -0.15) is 8.42 Å². The van der Waals surface area contributed by atoms with Crippen molar-refractivity contribution in [3.05, 3.63) is 82.9 Å². The van der Waals surface area contributed by atoms with E-state index in [0.29, 0.717) is 12.3 Å². The molecule has 0 aromatic heterocycles. The summed E-state index contributed by atoms with van der Waals surface area (Å²) >= 11 is 0. The molecule has 3 aromatic rings. The zero-order chi connectivity index (χ0) is 21.0. The van der Waals surface area contributed by atoms with Gasteiger partial charge in [-0.3, -0.25) is 0 Å². The van der Waals surface area contributed by atoms with E-state index >= 15 is 0 Å². The summed E-state index contributed by atoms with van der Waals surface area (Å²) in [6.07, 6.45) is 0. The number of aryl methyl sites for hydroxylation is 3. The molecule has 1 N–H and O–H groups in total. The number of hydrogen-bond donors (Lipinski definition) is 1. The van der Waals surface area contributed by atoms with Gasteiger partial charge in [0, 0.05) is 12.2 Å². The predicted molar refractivity (Wildman–Crippen MR) is 115 cm³/mol. The highest BCUT2D eigenvalue weighted by molar-refractivity contribution is 7.87. The lowest BCUT2D eigenvalue weighted by atomic mass is 10.1. The zero-order valence-corrected chi connectivity index (χ0v) is 17.8. The van der Waals surface area contributed by atoms with Crippen LogP contribution in [0.1, 0.15) is 22.3 Å². The van der Waals surface area contributed by atoms with Gasteiger partial charge in [-0.1, -0.05) is 35.9 Å². The molecule has 0 unspecified atom stereocenters. The second kappa shape index (κ2) is 8.57. The number of ether oxygens (including phenoxy) is 1. The number of anilines is 1. The lowest BCUT2D eigenvalue weighted by Crippen LogP contribution is -2.10. The monoisotopic (exact) mass is 411 g/mol. The number of hydrogen-bond acceptors (Lipinski definition) is 5. The Morgan fingerprint density at radius 2 is 1.52 bits per heavy atom. The number of methoxy groups -OCH3 is 1. The zero-order valence-electron chi connectivity index (χ0n) is 17.0. The highest BCUT2D eigenvalue weighted by Gasteiger charge is 2.19. The highest BCUT2D eigenvalue weighted by atomic mass is 32.2. The quantitative estimate of drug-likeness (QED) is 0.554. The van der Waals surface area contributed by atoms with Gasteiger partial charge in [0.25, 0.3) is 0 Å². The van der Waals surface area contributed by atoms with Crippen molar-refractivity contribution in [2.75, 3.05) is 12.4 Å². The molecule has 0 radical (unpaired) electrons. The van der Waals surface area contributed by atoms with Gasteiger partial charge in [0.15, 0.2) is 11.5 Å². The molecule has 0 aliphatic rings. The Balaban J connectivity index is 1.78. The summed E-state index contributed by atoms with van der Waals surface area (Å²) in [5.41, 5.74) is 5.32. The molecule has 0 atom stereocenters. The fourth-order valence-electron chi connectivity index (χ4n) is 2.89. The molecule has 0 aliphatic heterocycles. The first-order chi connectivity index (χ1) is 13.8. The summed E-state index contributed by atoms with van der Waals surface area (Å²) < 4.78 is 35.8. The molecule has 0 saturated carbocycles. The van der Waals surface area contributed by atoms with Crippen molar-refractivity contribution < 1.29 is 17.3 Å². The van der Waals surface area contributed by atoms with Crippen LogP contribution in [-0.2, 0) is 16.7 Å². The summed E-state index contributed by atoms with van der Waals surface area (Å²) in [5, 5.41) is 3.41. The predicted octanol–water partition coefficient (Wildman–Crippen LogP) is 5.00. The number of nitrogens with one attached hydrogen (secondary N) is 1. The third kappa shape index (κ3) is 5.09. The van der Waals surface area contributed by atoms with Gasteiger partial charge < -0.3 is 14.2 Å². The van der Waals surface area contributed by atoms with E-state index < -0.39 is 10.1 Å².